The molecule has 1 heterocycles. The maximum absolute atomic E-state index is 13.7. The second-order valence-corrected chi connectivity index (χ2v) is 9.72. The van der Waals surface area contributed by atoms with E-state index in [1.165, 1.54) is 38.0 Å². The number of hydrogen-bond acceptors (Lipinski definition) is 6. The van der Waals surface area contributed by atoms with E-state index in [0.717, 1.165) is 5.56 Å². The standard InChI is InChI=1S/C32H28ClNO6/c1-20(35)25-14-13-24(33)17-26(25)27-18-31(37)34(19-30(27)39-2)28(15-21-7-5-4-6-8-21)29(36)16-22-9-11-23(12-10-22)32(38)40-3/h4-14,17-19,28H,15-16H2,1-3H3. The molecule has 1 unspecified atom stereocenters. The minimum absolute atomic E-state index is 0.0399. The first kappa shape index (κ1) is 28.5. The molecule has 0 radical (unpaired) electrons. The molecule has 0 amide bonds. The van der Waals surface area contributed by atoms with Gasteiger partial charge in [-0.05, 0) is 53.9 Å². The van der Waals surface area contributed by atoms with Gasteiger partial charge in [-0.1, -0.05) is 54.1 Å². The number of hydrogen-bond donors (Lipinski definition) is 0. The first-order chi connectivity index (χ1) is 19.2. The summed E-state index contributed by atoms with van der Waals surface area (Å²) in [5.41, 5.74) is 2.79. The Labute approximate surface area is 236 Å². The van der Waals surface area contributed by atoms with Gasteiger partial charge in [-0.25, -0.2) is 4.79 Å². The normalized spacial score (nSPS) is 11.5. The van der Waals surface area contributed by atoms with Gasteiger partial charge in [0.2, 0.25) is 0 Å². The lowest BCUT2D eigenvalue weighted by atomic mass is 9.95. The second-order valence-electron chi connectivity index (χ2n) is 9.28. The van der Waals surface area contributed by atoms with Gasteiger partial charge in [0.15, 0.2) is 11.6 Å². The number of Topliss-reactive ketones (excluding diaryl/α,β-unsaturated/α-hetero) is 2. The molecule has 0 aliphatic carbocycles. The third-order valence-corrected chi connectivity index (χ3v) is 6.88. The zero-order chi connectivity index (χ0) is 28.8. The van der Waals surface area contributed by atoms with Gasteiger partial charge in [-0.2, -0.15) is 0 Å². The van der Waals surface area contributed by atoms with Crippen LogP contribution in [0.1, 0.15) is 44.8 Å². The number of nitrogens with zero attached hydrogens (tertiary/aromatic N) is 1. The van der Waals surface area contributed by atoms with Gasteiger partial charge in [0, 0.05) is 35.1 Å². The number of ether oxygens (including phenoxy) is 2. The first-order valence-electron chi connectivity index (χ1n) is 12.6. The highest BCUT2D eigenvalue weighted by atomic mass is 35.5. The van der Waals surface area contributed by atoms with Crippen LogP contribution >= 0.6 is 11.6 Å². The fourth-order valence-corrected chi connectivity index (χ4v) is 4.76. The van der Waals surface area contributed by atoms with Gasteiger partial charge < -0.3 is 14.0 Å². The molecular formula is C32H28ClNO6. The van der Waals surface area contributed by atoms with Gasteiger partial charge in [0.25, 0.3) is 5.56 Å². The molecule has 4 rings (SSSR count). The predicted molar refractivity (Wildman–Crippen MR) is 153 cm³/mol. The van der Waals surface area contributed by atoms with E-state index in [1.54, 1.807) is 42.5 Å². The van der Waals surface area contributed by atoms with Crippen LogP contribution in [0.4, 0.5) is 0 Å². The molecule has 1 aromatic heterocycles. The number of pyridine rings is 1. The van der Waals surface area contributed by atoms with Crippen LogP contribution in [0.15, 0.2) is 89.9 Å². The number of benzene rings is 3. The molecule has 0 aliphatic heterocycles. The Morgan fingerprint density at radius 1 is 0.875 bits per heavy atom. The number of esters is 1. The number of ketones is 2. The Morgan fingerprint density at radius 3 is 2.20 bits per heavy atom. The lowest BCUT2D eigenvalue weighted by molar-refractivity contribution is -0.121. The zero-order valence-corrected chi connectivity index (χ0v) is 23.1. The average molecular weight is 558 g/mol. The largest absolute Gasteiger partial charge is 0.495 e. The third kappa shape index (κ3) is 6.38. The fourth-order valence-electron chi connectivity index (χ4n) is 4.59. The van der Waals surface area contributed by atoms with E-state index >= 15 is 0 Å². The quantitative estimate of drug-likeness (QED) is 0.182. The Hall–Kier alpha value is -4.49. The SMILES string of the molecule is COC(=O)c1ccc(CC(=O)C(Cc2ccccc2)n2cc(OC)c(-c3cc(Cl)ccc3C(C)=O)cc2=O)cc1. The number of rotatable bonds is 10. The van der Waals surface area contributed by atoms with E-state index in [0.29, 0.717) is 38.6 Å². The summed E-state index contributed by atoms with van der Waals surface area (Å²) in [5.74, 6) is -0.532. The van der Waals surface area contributed by atoms with Crippen molar-refractivity contribution in [2.45, 2.75) is 25.8 Å². The molecule has 0 saturated carbocycles. The lowest BCUT2D eigenvalue weighted by Gasteiger charge is -2.21. The van der Waals surface area contributed by atoms with Crippen molar-refractivity contribution in [2.24, 2.45) is 0 Å². The first-order valence-corrected chi connectivity index (χ1v) is 12.9. The van der Waals surface area contributed by atoms with E-state index < -0.39 is 17.6 Å². The van der Waals surface area contributed by atoms with Gasteiger partial charge in [0.1, 0.15) is 5.75 Å². The topological polar surface area (TPSA) is 91.7 Å². The van der Waals surface area contributed by atoms with E-state index in [4.69, 9.17) is 21.1 Å². The molecule has 40 heavy (non-hydrogen) atoms. The van der Waals surface area contributed by atoms with Crippen molar-refractivity contribution >= 4 is 29.1 Å². The highest BCUT2D eigenvalue weighted by Crippen LogP contribution is 2.34. The summed E-state index contributed by atoms with van der Waals surface area (Å²) in [4.78, 5) is 51.4. The van der Waals surface area contributed by atoms with Gasteiger partial charge in [0.05, 0.1) is 32.0 Å². The van der Waals surface area contributed by atoms with E-state index in [1.807, 2.05) is 30.3 Å². The molecule has 0 spiro atoms. The Bertz CT molecular complexity index is 1610. The second kappa shape index (κ2) is 12.6. The smallest absolute Gasteiger partial charge is 0.337 e. The summed E-state index contributed by atoms with van der Waals surface area (Å²) in [5, 5.41) is 0.404. The average Bonchev–Trinajstić information content (AvgIpc) is 2.96. The summed E-state index contributed by atoms with van der Waals surface area (Å²) in [6.45, 7) is 1.44. The van der Waals surface area contributed by atoms with Crippen molar-refractivity contribution in [3.63, 3.8) is 0 Å². The highest BCUT2D eigenvalue weighted by Gasteiger charge is 2.25. The summed E-state index contributed by atoms with van der Waals surface area (Å²) < 4.78 is 11.8. The maximum Gasteiger partial charge on any atom is 0.337 e. The summed E-state index contributed by atoms with van der Waals surface area (Å²) in [6.07, 6.45) is 1.82. The van der Waals surface area contributed by atoms with Crippen LogP contribution in [0.25, 0.3) is 11.1 Å². The summed E-state index contributed by atoms with van der Waals surface area (Å²) in [6, 6.07) is 21.4. The van der Waals surface area contributed by atoms with Crippen molar-refractivity contribution < 1.29 is 23.9 Å². The van der Waals surface area contributed by atoms with Crippen LogP contribution in [0.2, 0.25) is 5.02 Å². The van der Waals surface area contributed by atoms with Crippen LogP contribution < -0.4 is 10.3 Å². The number of aromatic nitrogens is 1. The molecule has 0 bridgehead atoms. The molecular weight excluding hydrogens is 530 g/mol. The molecule has 0 saturated heterocycles. The maximum atomic E-state index is 13.7. The third-order valence-electron chi connectivity index (χ3n) is 6.65. The van der Waals surface area contributed by atoms with Gasteiger partial charge in [-0.3, -0.25) is 14.4 Å². The lowest BCUT2D eigenvalue weighted by Crippen LogP contribution is -2.32. The summed E-state index contributed by atoms with van der Waals surface area (Å²) >= 11 is 6.23. The molecule has 0 aliphatic rings. The monoisotopic (exact) mass is 557 g/mol. The number of carbonyl (C=O) groups is 3. The molecule has 0 N–H and O–H groups in total. The van der Waals surface area contributed by atoms with Crippen molar-refractivity contribution in [3.8, 4) is 16.9 Å². The van der Waals surface area contributed by atoms with Crippen LogP contribution in [-0.4, -0.2) is 36.3 Å². The van der Waals surface area contributed by atoms with Gasteiger partial charge >= 0.3 is 5.97 Å². The minimum atomic E-state index is -0.843. The molecule has 0 fully saturated rings. The zero-order valence-electron chi connectivity index (χ0n) is 22.3. The predicted octanol–water partition coefficient (Wildman–Crippen LogP) is 5.76. The molecule has 1 atom stereocenters. The molecule has 7 nitrogen and oxygen atoms in total. The van der Waals surface area contributed by atoms with Crippen molar-refractivity contribution in [3.05, 3.63) is 123 Å². The molecule has 8 heteroatoms. The Kier molecular flexibility index (Phi) is 8.97. The molecule has 3 aromatic carbocycles. The van der Waals surface area contributed by atoms with Crippen molar-refractivity contribution in [1.82, 2.24) is 4.57 Å². The Balaban J connectivity index is 1.77. The highest BCUT2D eigenvalue weighted by molar-refractivity contribution is 6.31. The van der Waals surface area contributed by atoms with Crippen molar-refractivity contribution in [2.75, 3.05) is 14.2 Å². The van der Waals surface area contributed by atoms with Gasteiger partial charge in [-0.15, -0.1) is 0 Å². The van der Waals surface area contributed by atoms with Crippen LogP contribution in [0.3, 0.4) is 0 Å². The number of carbonyl (C=O) groups excluding carboxylic acids is 3. The fraction of sp³-hybridized carbons (Fsp3) is 0.188. The van der Waals surface area contributed by atoms with Crippen LogP contribution in [-0.2, 0) is 22.4 Å². The van der Waals surface area contributed by atoms with E-state index in [9.17, 15) is 19.2 Å². The summed E-state index contributed by atoms with van der Waals surface area (Å²) in [7, 11) is 2.76. The Morgan fingerprint density at radius 2 is 1.57 bits per heavy atom. The number of methoxy groups -OCH3 is 2. The van der Waals surface area contributed by atoms with Crippen molar-refractivity contribution in [1.29, 1.82) is 0 Å². The van der Waals surface area contributed by atoms with E-state index in [2.05, 4.69) is 0 Å². The minimum Gasteiger partial charge on any atom is -0.495 e. The van der Waals surface area contributed by atoms with Crippen LogP contribution in [0, 0.1) is 0 Å². The molecule has 204 valence electrons. The number of halogens is 1. The molecule has 4 aromatic rings. The van der Waals surface area contributed by atoms with Crippen LogP contribution in [0.5, 0.6) is 5.75 Å². The van der Waals surface area contributed by atoms with E-state index in [-0.39, 0.29) is 24.4 Å².